The van der Waals surface area contributed by atoms with Crippen LogP contribution in [0.25, 0.3) is 0 Å². The number of thiophene rings is 1. The summed E-state index contributed by atoms with van der Waals surface area (Å²) in [6, 6.07) is 11.3. The van der Waals surface area contributed by atoms with E-state index in [0.29, 0.717) is 6.42 Å². The number of ketones is 1. The SMILES string of the molecule is O=C(COc1ccccc1)Cc1cc(Br)cs1. The van der Waals surface area contributed by atoms with E-state index in [4.69, 9.17) is 4.74 Å². The first-order valence-corrected chi connectivity index (χ1v) is 6.84. The molecule has 0 fully saturated rings. The van der Waals surface area contributed by atoms with Crippen LogP contribution in [0.1, 0.15) is 4.88 Å². The highest BCUT2D eigenvalue weighted by molar-refractivity contribution is 9.10. The Labute approximate surface area is 112 Å². The van der Waals surface area contributed by atoms with E-state index in [9.17, 15) is 4.79 Å². The van der Waals surface area contributed by atoms with Crippen molar-refractivity contribution in [3.05, 3.63) is 51.1 Å². The summed E-state index contributed by atoms with van der Waals surface area (Å²) >= 11 is 4.94. The van der Waals surface area contributed by atoms with E-state index in [1.54, 1.807) is 11.3 Å². The topological polar surface area (TPSA) is 26.3 Å². The number of carbonyl (C=O) groups excluding carboxylic acids is 1. The van der Waals surface area contributed by atoms with Crippen molar-refractivity contribution in [3.63, 3.8) is 0 Å². The molecule has 1 heterocycles. The van der Waals surface area contributed by atoms with Gasteiger partial charge in [-0.15, -0.1) is 11.3 Å². The van der Waals surface area contributed by atoms with Crippen LogP contribution < -0.4 is 4.74 Å². The summed E-state index contributed by atoms with van der Waals surface area (Å²) in [5.41, 5.74) is 0. The third kappa shape index (κ3) is 3.98. The van der Waals surface area contributed by atoms with Crippen LogP contribution in [-0.4, -0.2) is 12.4 Å². The van der Waals surface area contributed by atoms with Crippen molar-refractivity contribution in [2.75, 3.05) is 6.61 Å². The third-order valence-corrected chi connectivity index (χ3v) is 3.83. The Morgan fingerprint density at radius 2 is 2.06 bits per heavy atom. The fraction of sp³-hybridized carbons (Fsp3) is 0.154. The van der Waals surface area contributed by atoms with Crippen LogP contribution in [0, 0.1) is 0 Å². The van der Waals surface area contributed by atoms with Gasteiger partial charge in [-0.2, -0.15) is 0 Å². The normalized spacial score (nSPS) is 10.2. The van der Waals surface area contributed by atoms with Gasteiger partial charge in [0, 0.05) is 21.2 Å². The molecule has 0 atom stereocenters. The number of para-hydroxylation sites is 1. The zero-order valence-corrected chi connectivity index (χ0v) is 11.5. The molecule has 0 spiro atoms. The van der Waals surface area contributed by atoms with Gasteiger partial charge in [0.15, 0.2) is 5.78 Å². The number of hydrogen-bond donors (Lipinski definition) is 0. The van der Waals surface area contributed by atoms with E-state index in [1.165, 1.54) is 0 Å². The average Bonchev–Trinajstić information content (AvgIpc) is 2.73. The average molecular weight is 311 g/mol. The Kier molecular flexibility index (Phi) is 4.34. The number of carbonyl (C=O) groups is 1. The van der Waals surface area contributed by atoms with Crippen LogP contribution in [0.15, 0.2) is 46.3 Å². The summed E-state index contributed by atoms with van der Waals surface area (Å²) in [6.07, 6.45) is 0.434. The summed E-state index contributed by atoms with van der Waals surface area (Å²) in [7, 11) is 0. The molecule has 0 aliphatic carbocycles. The van der Waals surface area contributed by atoms with Gasteiger partial charge in [-0.05, 0) is 34.1 Å². The fourth-order valence-corrected chi connectivity index (χ4v) is 2.85. The standard InChI is InChI=1S/C13H11BrO2S/c14-10-6-13(17-9-10)7-11(15)8-16-12-4-2-1-3-5-12/h1-6,9H,7-8H2. The minimum absolute atomic E-state index is 0.0863. The lowest BCUT2D eigenvalue weighted by atomic mass is 10.2. The fourth-order valence-electron chi connectivity index (χ4n) is 1.37. The number of Topliss-reactive ketones (excluding diaryl/α,β-unsaturated/α-hetero) is 1. The Morgan fingerprint density at radius 1 is 1.29 bits per heavy atom. The maximum Gasteiger partial charge on any atom is 0.175 e. The van der Waals surface area contributed by atoms with Gasteiger partial charge in [-0.25, -0.2) is 0 Å². The lowest BCUT2D eigenvalue weighted by Crippen LogP contribution is -2.13. The number of halogens is 1. The highest BCUT2D eigenvalue weighted by Crippen LogP contribution is 2.20. The molecule has 2 aromatic rings. The monoisotopic (exact) mass is 310 g/mol. The molecule has 0 aliphatic heterocycles. The molecule has 0 saturated carbocycles. The molecule has 0 bridgehead atoms. The van der Waals surface area contributed by atoms with Gasteiger partial charge in [0.05, 0.1) is 0 Å². The summed E-state index contributed by atoms with van der Waals surface area (Å²) < 4.78 is 6.41. The van der Waals surface area contributed by atoms with Crippen molar-refractivity contribution in [1.82, 2.24) is 0 Å². The molecule has 0 N–H and O–H groups in total. The quantitative estimate of drug-likeness (QED) is 0.841. The maximum absolute atomic E-state index is 11.7. The zero-order valence-electron chi connectivity index (χ0n) is 9.06. The molecular formula is C13H11BrO2S. The van der Waals surface area contributed by atoms with Gasteiger partial charge in [-0.3, -0.25) is 4.79 Å². The molecule has 0 amide bonds. The van der Waals surface area contributed by atoms with Crippen LogP contribution in [0.2, 0.25) is 0 Å². The molecule has 0 saturated heterocycles. The predicted octanol–water partition coefficient (Wildman–Crippen LogP) is 3.70. The Hall–Kier alpha value is -1.13. The molecule has 2 rings (SSSR count). The summed E-state index contributed by atoms with van der Waals surface area (Å²) in [4.78, 5) is 12.7. The number of ether oxygens (including phenoxy) is 1. The van der Waals surface area contributed by atoms with Crippen molar-refractivity contribution < 1.29 is 9.53 Å². The van der Waals surface area contributed by atoms with Crippen LogP contribution in [0.5, 0.6) is 5.75 Å². The first kappa shape index (κ1) is 12.3. The summed E-state index contributed by atoms with van der Waals surface area (Å²) in [6.45, 7) is 0.125. The first-order valence-electron chi connectivity index (χ1n) is 5.16. The van der Waals surface area contributed by atoms with Crippen LogP contribution in [0.4, 0.5) is 0 Å². The van der Waals surface area contributed by atoms with Crippen molar-refractivity contribution in [2.24, 2.45) is 0 Å². The molecule has 0 unspecified atom stereocenters. The van der Waals surface area contributed by atoms with E-state index >= 15 is 0 Å². The number of hydrogen-bond acceptors (Lipinski definition) is 3. The van der Waals surface area contributed by atoms with Crippen molar-refractivity contribution in [1.29, 1.82) is 0 Å². The summed E-state index contributed by atoms with van der Waals surface area (Å²) in [5, 5.41) is 1.97. The molecule has 0 aliphatic rings. The maximum atomic E-state index is 11.7. The van der Waals surface area contributed by atoms with Gasteiger partial charge < -0.3 is 4.74 Å². The third-order valence-electron chi connectivity index (χ3n) is 2.14. The van der Waals surface area contributed by atoms with E-state index in [0.717, 1.165) is 15.1 Å². The second-order valence-electron chi connectivity index (χ2n) is 3.55. The molecule has 1 aromatic carbocycles. The van der Waals surface area contributed by atoms with Gasteiger partial charge in [0.1, 0.15) is 12.4 Å². The van der Waals surface area contributed by atoms with Crippen molar-refractivity contribution in [3.8, 4) is 5.75 Å². The largest absolute Gasteiger partial charge is 0.486 e. The molecule has 4 heteroatoms. The lowest BCUT2D eigenvalue weighted by Gasteiger charge is -2.04. The minimum atomic E-state index is 0.0863. The Bertz CT molecular complexity index is 493. The molecule has 0 radical (unpaired) electrons. The van der Waals surface area contributed by atoms with Gasteiger partial charge in [-0.1, -0.05) is 18.2 Å². The number of benzene rings is 1. The van der Waals surface area contributed by atoms with E-state index in [1.807, 2.05) is 41.8 Å². The van der Waals surface area contributed by atoms with Gasteiger partial charge in [0.2, 0.25) is 0 Å². The smallest absolute Gasteiger partial charge is 0.175 e. The number of rotatable bonds is 5. The van der Waals surface area contributed by atoms with Crippen LogP contribution in [0.3, 0.4) is 0 Å². The van der Waals surface area contributed by atoms with Gasteiger partial charge >= 0.3 is 0 Å². The molecular weight excluding hydrogens is 300 g/mol. The highest BCUT2D eigenvalue weighted by atomic mass is 79.9. The van der Waals surface area contributed by atoms with Gasteiger partial charge in [0.25, 0.3) is 0 Å². The van der Waals surface area contributed by atoms with Crippen LogP contribution in [-0.2, 0) is 11.2 Å². The van der Waals surface area contributed by atoms with Crippen LogP contribution >= 0.6 is 27.3 Å². The Morgan fingerprint density at radius 3 is 2.71 bits per heavy atom. The van der Waals surface area contributed by atoms with Crippen molar-refractivity contribution >= 4 is 33.0 Å². The molecule has 1 aromatic heterocycles. The lowest BCUT2D eigenvalue weighted by molar-refractivity contribution is -0.120. The summed E-state index contributed by atoms with van der Waals surface area (Å²) in [5.74, 6) is 0.816. The second kappa shape index (κ2) is 5.98. The molecule has 88 valence electrons. The minimum Gasteiger partial charge on any atom is -0.486 e. The second-order valence-corrected chi connectivity index (χ2v) is 5.46. The van der Waals surface area contributed by atoms with Crippen molar-refractivity contribution in [2.45, 2.75) is 6.42 Å². The first-order chi connectivity index (χ1) is 8.24. The molecule has 2 nitrogen and oxygen atoms in total. The van der Waals surface area contributed by atoms with E-state index < -0.39 is 0 Å². The predicted molar refractivity (Wildman–Crippen MR) is 72.7 cm³/mol. The highest BCUT2D eigenvalue weighted by Gasteiger charge is 2.06. The van der Waals surface area contributed by atoms with E-state index in [2.05, 4.69) is 15.9 Å². The Balaban J connectivity index is 1.82. The van der Waals surface area contributed by atoms with E-state index in [-0.39, 0.29) is 12.4 Å². The molecule has 17 heavy (non-hydrogen) atoms. The zero-order chi connectivity index (χ0) is 12.1.